The molecule has 0 atom stereocenters. The zero-order valence-electron chi connectivity index (χ0n) is 18.6. The fraction of sp³-hybridized carbons (Fsp3) is 0.200. The van der Waals surface area contributed by atoms with E-state index in [1.54, 1.807) is 0 Å². The monoisotopic (exact) mass is 467 g/mol. The third-order valence-corrected chi connectivity index (χ3v) is 5.80. The van der Waals surface area contributed by atoms with Gasteiger partial charge in [0.2, 0.25) is 11.6 Å². The number of aliphatic hydroxyl groups is 1. The van der Waals surface area contributed by atoms with Crippen molar-refractivity contribution in [3.05, 3.63) is 76.7 Å². The normalized spacial score (nSPS) is 11.1. The topological polar surface area (TPSA) is 102 Å². The second-order valence-corrected chi connectivity index (χ2v) is 7.74. The van der Waals surface area contributed by atoms with Crippen LogP contribution in [0.1, 0.15) is 17.0 Å². The summed E-state index contributed by atoms with van der Waals surface area (Å²) in [5, 5.41) is 19.1. The van der Waals surface area contributed by atoms with Gasteiger partial charge in [0.15, 0.2) is 0 Å². The zero-order chi connectivity index (χ0) is 23.8. The van der Waals surface area contributed by atoms with E-state index in [0.717, 1.165) is 45.5 Å². The van der Waals surface area contributed by atoms with Crippen molar-refractivity contribution in [1.29, 1.82) is 0 Å². The summed E-state index contributed by atoms with van der Waals surface area (Å²) in [5.41, 5.74) is 2.58. The number of aliphatic carboxylic acids is 1. The van der Waals surface area contributed by atoms with E-state index >= 15 is 0 Å². The highest BCUT2D eigenvalue weighted by atomic mass is 32.1. The molecule has 172 valence electrons. The van der Waals surface area contributed by atoms with Gasteiger partial charge >= 0.3 is 5.97 Å². The van der Waals surface area contributed by atoms with Crippen molar-refractivity contribution in [3.8, 4) is 17.2 Å². The first-order chi connectivity index (χ1) is 16.1. The van der Waals surface area contributed by atoms with Crippen LogP contribution in [-0.4, -0.2) is 42.0 Å². The van der Waals surface area contributed by atoms with E-state index in [-0.39, 0.29) is 5.76 Å². The predicted octanol–water partition coefficient (Wildman–Crippen LogP) is 5.17. The van der Waals surface area contributed by atoms with E-state index < -0.39 is 5.97 Å². The van der Waals surface area contributed by atoms with E-state index in [2.05, 4.69) is 4.98 Å². The number of carboxylic acid groups (broad SMARTS) is 1. The lowest BCUT2D eigenvalue weighted by Gasteiger charge is -2.09. The average molecular weight is 468 g/mol. The maximum Gasteiger partial charge on any atom is 0.371 e. The van der Waals surface area contributed by atoms with Crippen LogP contribution in [0.4, 0.5) is 0 Å². The van der Waals surface area contributed by atoms with Gasteiger partial charge in [-0.2, -0.15) is 0 Å². The second kappa shape index (κ2) is 11.3. The Bertz CT molecular complexity index is 1240. The Labute approximate surface area is 195 Å². The molecular weight excluding hydrogens is 442 g/mol. The van der Waals surface area contributed by atoms with E-state index in [4.69, 9.17) is 19.0 Å². The van der Waals surface area contributed by atoms with Crippen molar-refractivity contribution in [3.63, 3.8) is 0 Å². The van der Waals surface area contributed by atoms with Crippen LogP contribution in [0.2, 0.25) is 0 Å². The Morgan fingerprint density at radius 2 is 1.91 bits per heavy atom. The van der Waals surface area contributed by atoms with Gasteiger partial charge in [0.1, 0.15) is 11.5 Å². The van der Waals surface area contributed by atoms with Crippen LogP contribution in [0.3, 0.4) is 0 Å². The van der Waals surface area contributed by atoms with Crippen molar-refractivity contribution in [2.24, 2.45) is 0 Å². The van der Waals surface area contributed by atoms with Crippen molar-refractivity contribution in [2.75, 3.05) is 20.8 Å². The Kier molecular flexibility index (Phi) is 8.23. The number of benzene rings is 2. The number of ether oxygens (including phenoxy) is 2. The zero-order valence-corrected chi connectivity index (χ0v) is 19.4. The second-order valence-electron chi connectivity index (χ2n) is 6.82. The minimum atomic E-state index is -1.11. The Morgan fingerprint density at radius 1 is 1.15 bits per heavy atom. The number of aromatic nitrogens is 1. The van der Waals surface area contributed by atoms with E-state index in [1.165, 1.54) is 24.5 Å². The van der Waals surface area contributed by atoms with Crippen LogP contribution in [0.25, 0.3) is 27.6 Å². The number of fused-ring (bicyclic) bond motifs is 1. The number of carbonyl (C=O) groups is 1. The quantitative estimate of drug-likeness (QED) is 0.272. The number of aliphatic hydroxyl groups excluding tert-OH is 1. The van der Waals surface area contributed by atoms with Gasteiger partial charge in [-0.3, -0.25) is 0 Å². The molecule has 8 heteroatoms. The SMILES string of the molecule is CO.CO/C(=C\c1ccc(OCCc2nc(-c3ccccc3)oc2C)c2ccsc12)C(=O)O. The highest BCUT2D eigenvalue weighted by Crippen LogP contribution is 2.34. The van der Waals surface area contributed by atoms with Crippen molar-refractivity contribution in [1.82, 2.24) is 4.98 Å². The van der Waals surface area contributed by atoms with Crippen molar-refractivity contribution >= 4 is 33.5 Å². The highest BCUT2D eigenvalue weighted by molar-refractivity contribution is 7.17. The highest BCUT2D eigenvalue weighted by Gasteiger charge is 2.14. The van der Waals surface area contributed by atoms with Gasteiger partial charge in [0, 0.05) is 29.2 Å². The summed E-state index contributed by atoms with van der Waals surface area (Å²) < 4.78 is 17.7. The maximum absolute atomic E-state index is 11.2. The number of thiophene rings is 1. The Balaban J connectivity index is 0.00000149. The van der Waals surface area contributed by atoms with Gasteiger partial charge in [-0.1, -0.05) is 18.2 Å². The Morgan fingerprint density at radius 3 is 2.61 bits per heavy atom. The molecule has 2 aromatic heterocycles. The van der Waals surface area contributed by atoms with Crippen LogP contribution in [0.15, 0.2) is 64.1 Å². The number of rotatable bonds is 8. The summed E-state index contributed by atoms with van der Waals surface area (Å²) in [6.07, 6.45) is 2.14. The van der Waals surface area contributed by atoms with Gasteiger partial charge in [0.25, 0.3) is 0 Å². The molecule has 0 aliphatic rings. The largest absolute Gasteiger partial charge is 0.493 e. The molecule has 4 rings (SSSR count). The average Bonchev–Trinajstić information content (AvgIpc) is 3.47. The molecule has 0 aliphatic heterocycles. The molecule has 7 nitrogen and oxygen atoms in total. The molecule has 2 N–H and O–H groups in total. The maximum atomic E-state index is 11.2. The summed E-state index contributed by atoms with van der Waals surface area (Å²) in [4.78, 5) is 15.9. The van der Waals surface area contributed by atoms with Crippen LogP contribution in [-0.2, 0) is 16.0 Å². The third-order valence-electron chi connectivity index (χ3n) is 4.83. The summed E-state index contributed by atoms with van der Waals surface area (Å²) in [7, 11) is 2.35. The van der Waals surface area contributed by atoms with E-state index in [1.807, 2.05) is 60.8 Å². The van der Waals surface area contributed by atoms with E-state index in [9.17, 15) is 9.90 Å². The van der Waals surface area contributed by atoms with Gasteiger partial charge < -0.3 is 24.1 Å². The lowest BCUT2D eigenvalue weighted by atomic mass is 10.1. The molecule has 0 amide bonds. The molecule has 0 unspecified atom stereocenters. The standard InChI is InChI=1S/C24H21NO5S.CH4O/c1-15-19(25-23(30-15)16-6-4-3-5-7-16)10-12-29-20-9-8-17(14-21(28-2)24(26)27)22-18(20)11-13-31-22;1-2/h3-9,11,13-14H,10,12H2,1-2H3,(H,26,27);2H,1H3/b21-14-;. The summed E-state index contributed by atoms with van der Waals surface area (Å²) in [5.74, 6) is 0.915. The third kappa shape index (κ3) is 5.60. The number of nitrogens with zero attached hydrogens (tertiary/aromatic N) is 1. The lowest BCUT2D eigenvalue weighted by Crippen LogP contribution is -2.03. The van der Waals surface area contributed by atoms with Crippen LogP contribution < -0.4 is 4.74 Å². The number of oxazole rings is 1. The summed E-state index contributed by atoms with van der Waals surface area (Å²) in [6.45, 7) is 2.35. The first-order valence-corrected chi connectivity index (χ1v) is 11.0. The number of aryl methyl sites for hydroxylation is 1. The summed E-state index contributed by atoms with van der Waals surface area (Å²) >= 11 is 1.53. The fourth-order valence-corrected chi connectivity index (χ4v) is 4.17. The van der Waals surface area contributed by atoms with Gasteiger partial charge in [-0.25, -0.2) is 9.78 Å². The van der Waals surface area contributed by atoms with Gasteiger partial charge in [-0.15, -0.1) is 11.3 Å². The van der Waals surface area contributed by atoms with Crippen LogP contribution in [0, 0.1) is 6.92 Å². The minimum Gasteiger partial charge on any atom is -0.493 e. The van der Waals surface area contributed by atoms with Crippen LogP contribution in [0.5, 0.6) is 5.75 Å². The molecule has 0 radical (unpaired) electrons. The Hall–Kier alpha value is -3.62. The molecule has 0 aliphatic carbocycles. The minimum absolute atomic E-state index is 0.112. The molecule has 2 heterocycles. The molecule has 0 saturated carbocycles. The first kappa shape index (κ1) is 24.0. The molecule has 2 aromatic carbocycles. The molecule has 0 bridgehead atoms. The van der Waals surface area contributed by atoms with Crippen molar-refractivity contribution < 1.29 is 28.9 Å². The molecular formula is C25H25NO6S. The molecule has 0 saturated heterocycles. The number of methoxy groups -OCH3 is 1. The molecule has 0 fully saturated rings. The van der Waals surface area contributed by atoms with E-state index in [0.29, 0.717) is 18.9 Å². The molecule has 33 heavy (non-hydrogen) atoms. The fourth-order valence-electron chi connectivity index (χ4n) is 3.27. The number of carboxylic acids is 1. The lowest BCUT2D eigenvalue weighted by molar-refractivity contribution is -0.135. The summed E-state index contributed by atoms with van der Waals surface area (Å²) in [6, 6.07) is 15.4. The van der Waals surface area contributed by atoms with Gasteiger partial charge in [-0.05, 0) is 54.3 Å². The van der Waals surface area contributed by atoms with Crippen LogP contribution >= 0.6 is 11.3 Å². The smallest absolute Gasteiger partial charge is 0.371 e. The number of hydrogen-bond donors (Lipinski definition) is 2. The van der Waals surface area contributed by atoms with Crippen molar-refractivity contribution in [2.45, 2.75) is 13.3 Å². The molecule has 4 aromatic rings. The first-order valence-electron chi connectivity index (χ1n) is 10.1. The van der Waals surface area contributed by atoms with Gasteiger partial charge in [0.05, 0.1) is 19.4 Å². The molecule has 0 spiro atoms. The number of hydrogen-bond acceptors (Lipinski definition) is 7. The predicted molar refractivity (Wildman–Crippen MR) is 128 cm³/mol.